The van der Waals surface area contributed by atoms with Crippen molar-refractivity contribution in [2.45, 2.75) is 19.8 Å². The highest BCUT2D eigenvalue weighted by molar-refractivity contribution is 6.34. The van der Waals surface area contributed by atoms with Gasteiger partial charge < -0.3 is 9.42 Å². The molecule has 0 atom stereocenters. The van der Waals surface area contributed by atoms with Crippen molar-refractivity contribution in [3.63, 3.8) is 0 Å². The number of nitro benzene ring substituents is 1. The molecule has 9 nitrogen and oxygen atoms in total. The fourth-order valence-electron chi connectivity index (χ4n) is 3.77. The van der Waals surface area contributed by atoms with Gasteiger partial charge in [0, 0.05) is 50.3 Å². The summed E-state index contributed by atoms with van der Waals surface area (Å²) in [6.07, 6.45) is 1.56. The van der Waals surface area contributed by atoms with Gasteiger partial charge in [-0.25, -0.2) is 0 Å². The molecule has 1 saturated heterocycles. The molecular weight excluding hydrogens is 446 g/mol. The molecule has 0 bridgehead atoms. The van der Waals surface area contributed by atoms with Gasteiger partial charge in [0.15, 0.2) is 0 Å². The van der Waals surface area contributed by atoms with Crippen LogP contribution in [0.4, 0.5) is 5.69 Å². The maximum atomic E-state index is 12.8. The molecule has 0 N–H and O–H groups in total. The molecule has 0 radical (unpaired) electrons. The second kappa shape index (κ2) is 10.1. The van der Waals surface area contributed by atoms with Crippen LogP contribution in [0.2, 0.25) is 5.02 Å². The van der Waals surface area contributed by atoms with Crippen LogP contribution in [0.25, 0.3) is 11.4 Å². The van der Waals surface area contributed by atoms with Crippen molar-refractivity contribution >= 4 is 23.2 Å². The number of piperazine rings is 1. The van der Waals surface area contributed by atoms with Crippen LogP contribution in [-0.2, 0) is 6.42 Å². The van der Waals surface area contributed by atoms with Crippen LogP contribution in [0.15, 0.2) is 47.0 Å². The second-order valence-corrected chi connectivity index (χ2v) is 8.44. The lowest BCUT2D eigenvalue weighted by Gasteiger charge is -2.34. The van der Waals surface area contributed by atoms with Crippen molar-refractivity contribution in [2.75, 3.05) is 32.7 Å². The predicted octanol–water partition coefficient (Wildman–Crippen LogP) is 4.00. The third-order valence-corrected chi connectivity index (χ3v) is 6.01. The number of non-ortho nitro benzene ring substituents is 1. The van der Waals surface area contributed by atoms with Crippen LogP contribution in [0.5, 0.6) is 0 Å². The van der Waals surface area contributed by atoms with E-state index >= 15 is 0 Å². The maximum absolute atomic E-state index is 12.8. The van der Waals surface area contributed by atoms with Crippen molar-refractivity contribution in [1.82, 2.24) is 19.9 Å². The van der Waals surface area contributed by atoms with Gasteiger partial charge in [-0.15, -0.1) is 0 Å². The van der Waals surface area contributed by atoms with Crippen LogP contribution in [0.1, 0.15) is 28.2 Å². The first-order valence-electron chi connectivity index (χ1n) is 10.8. The van der Waals surface area contributed by atoms with Gasteiger partial charge in [-0.2, -0.15) is 4.98 Å². The summed E-state index contributed by atoms with van der Waals surface area (Å²) >= 11 is 6.11. The van der Waals surface area contributed by atoms with E-state index in [1.165, 1.54) is 23.8 Å². The average Bonchev–Trinajstić information content (AvgIpc) is 3.28. The lowest BCUT2D eigenvalue weighted by molar-refractivity contribution is -0.384. The predicted molar refractivity (Wildman–Crippen MR) is 123 cm³/mol. The number of carbonyl (C=O) groups is 1. The number of halogens is 1. The monoisotopic (exact) mass is 469 g/mol. The fourth-order valence-corrected chi connectivity index (χ4v) is 4.02. The molecule has 1 aliphatic heterocycles. The standard InChI is InChI=1S/C23H24ClN5O4/c1-16-4-6-17(7-5-16)22-25-21(33-26-22)3-2-10-27-11-13-28(14-12-27)23(30)19-9-8-18(29(31)32)15-20(19)24/h4-9,15H,2-3,10-14H2,1H3. The number of carbonyl (C=O) groups excluding carboxylic acids is 1. The summed E-state index contributed by atoms with van der Waals surface area (Å²) in [6.45, 7) is 5.53. The molecule has 2 heterocycles. The molecule has 0 saturated carbocycles. The number of amides is 1. The summed E-state index contributed by atoms with van der Waals surface area (Å²) in [7, 11) is 0. The Morgan fingerprint density at radius 2 is 1.88 bits per heavy atom. The lowest BCUT2D eigenvalue weighted by Crippen LogP contribution is -2.48. The molecule has 0 unspecified atom stereocenters. The van der Waals surface area contributed by atoms with Crippen LogP contribution in [0, 0.1) is 17.0 Å². The van der Waals surface area contributed by atoms with Gasteiger partial charge in [0.2, 0.25) is 11.7 Å². The Bertz CT molecular complexity index is 1140. The minimum Gasteiger partial charge on any atom is -0.339 e. The summed E-state index contributed by atoms with van der Waals surface area (Å²) in [5, 5.41) is 15.0. The number of benzene rings is 2. The topological polar surface area (TPSA) is 106 Å². The Kier molecular flexibility index (Phi) is 7.00. The van der Waals surface area contributed by atoms with E-state index in [4.69, 9.17) is 16.1 Å². The molecule has 0 aliphatic carbocycles. The highest BCUT2D eigenvalue weighted by atomic mass is 35.5. The smallest absolute Gasteiger partial charge is 0.270 e. The SMILES string of the molecule is Cc1ccc(-c2noc(CCCN3CCN(C(=O)c4ccc([N+](=O)[O-])cc4Cl)CC3)n2)cc1. The fraction of sp³-hybridized carbons (Fsp3) is 0.348. The zero-order chi connectivity index (χ0) is 23.4. The average molecular weight is 470 g/mol. The van der Waals surface area contributed by atoms with Gasteiger partial charge in [-0.1, -0.05) is 46.6 Å². The highest BCUT2D eigenvalue weighted by Gasteiger charge is 2.24. The van der Waals surface area contributed by atoms with E-state index < -0.39 is 4.92 Å². The van der Waals surface area contributed by atoms with Crippen LogP contribution >= 0.6 is 11.6 Å². The van der Waals surface area contributed by atoms with Gasteiger partial charge >= 0.3 is 0 Å². The van der Waals surface area contributed by atoms with E-state index in [0.29, 0.717) is 31.2 Å². The van der Waals surface area contributed by atoms with Crippen LogP contribution in [-0.4, -0.2) is 63.5 Å². The molecule has 0 spiro atoms. The quantitative estimate of drug-likeness (QED) is 0.380. The Balaban J connectivity index is 1.23. The molecular formula is C23H24ClN5O4. The number of nitro groups is 1. The normalized spacial score (nSPS) is 14.4. The third kappa shape index (κ3) is 5.55. The van der Waals surface area contributed by atoms with Crippen molar-refractivity contribution in [3.05, 3.63) is 74.6 Å². The van der Waals surface area contributed by atoms with E-state index in [2.05, 4.69) is 15.0 Å². The molecule has 1 aromatic heterocycles. The molecule has 2 aromatic carbocycles. The van der Waals surface area contributed by atoms with Crippen molar-refractivity contribution < 1.29 is 14.2 Å². The Morgan fingerprint density at radius 3 is 2.55 bits per heavy atom. The summed E-state index contributed by atoms with van der Waals surface area (Å²) in [5.41, 5.74) is 2.27. The van der Waals surface area contributed by atoms with Crippen LogP contribution < -0.4 is 0 Å². The number of hydrogen-bond acceptors (Lipinski definition) is 7. The van der Waals surface area contributed by atoms with Crippen molar-refractivity contribution in [2.24, 2.45) is 0 Å². The third-order valence-electron chi connectivity index (χ3n) is 5.70. The summed E-state index contributed by atoms with van der Waals surface area (Å²) in [5.74, 6) is 1.01. The van der Waals surface area contributed by atoms with E-state index in [1.807, 2.05) is 31.2 Å². The molecule has 4 rings (SSSR count). The van der Waals surface area contributed by atoms with Gasteiger partial charge in [0.25, 0.3) is 11.6 Å². The van der Waals surface area contributed by atoms with Crippen molar-refractivity contribution in [3.8, 4) is 11.4 Å². The van der Waals surface area contributed by atoms with Gasteiger partial charge in [-0.05, 0) is 26.0 Å². The molecule has 1 amide bonds. The van der Waals surface area contributed by atoms with Crippen LogP contribution in [0.3, 0.4) is 0 Å². The molecule has 1 aliphatic rings. The molecule has 33 heavy (non-hydrogen) atoms. The second-order valence-electron chi connectivity index (χ2n) is 8.04. The summed E-state index contributed by atoms with van der Waals surface area (Å²) in [6, 6.07) is 11.9. The van der Waals surface area contributed by atoms with Gasteiger partial charge in [0.05, 0.1) is 15.5 Å². The van der Waals surface area contributed by atoms with E-state index in [0.717, 1.165) is 31.6 Å². The van der Waals surface area contributed by atoms with E-state index in [1.54, 1.807) is 4.90 Å². The number of rotatable bonds is 7. The first-order valence-corrected chi connectivity index (χ1v) is 11.1. The number of aromatic nitrogens is 2. The van der Waals surface area contributed by atoms with Gasteiger partial charge in [-0.3, -0.25) is 19.8 Å². The largest absolute Gasteiger partial charge is 0.339 e. The number of aryl methyl sites for hydroxylation is 2. The van der Waals surface area contributed by atoms with E-state index in [9.17, 15) is 14.9 Å². The lowest BCUT2D eigenvalue weighted by atomic mass is 10.1. The van der Waals surface area contributed by atoms with E-state index in [-0.39, 0.29) is 22.2 Å². The molecule has 1 fully saturated rings. The zero-order valence-electron chi connectivity index (χ0n) is 18.2. The molecule has 172 valence electrons. The minimum atomic E-state index is -0.531. The Morgan fingerprint density at radius 1 is 1.15 bits per heavy atom. The first-order chi connectivity index (χ1) is 15.9. The molecule has 3 aromatic rings. The minimum absolute atomic E-state index is 0.0983. The maximum Gasteiger partial charge on any atom is 0.270 e. The summed E-state index contributed by atoms with van der Waals surface area (Å²) < 4.78 is 5.38. The van der Waals surface area contributed by atoms with Crippen molar-refractivity contribution in [1.29, 1.82) is 0 Å². The summed E-state index contributed by atoms with van der Waals surface area (Å²) in [4.78, 5) is 31.6. The number of nitrogens with zero attached hydrogens (tertiary/aromatic N) is 5. The Labute approximate surface area is 196 Å². The van der Waals surface area contributed by atoms with Gasteiger partial charge in [0.1, 0.15) is 0 Å². The molecule has 10 heteroatoms. The highest BCUT2D eigenvalue weighted by Crippen LogP contribution is 2.24. The number of hydrogen-bond donors (Lipinski definition) is 0. The Hall–Kier alpha value is -3.30. The first kappa shape index (κ1) is 22.9. The zero-order valence-corrected chi connectivity index (χ0v) is 19.0.